The number of pyridine rings is 1. The summed E-state index contributed by atoms with van der Waals surface area (Å²) in [5.41, 5.74) is 1.26. The SMILES string of the molecule is CCc1nc(Cl)cc(N(C)CCc2ccncc2)n1. The van der Waals surface area contributed by atoms with Crippen LogP contribution in [0.5, 0.6) is 0 Å². The van der Waals surface area contributed by atoms with Gasteiger partial charge in [0, 0.05) is 38.5 Å². The zero-order valence-electron chi connectivity index (χ0n) is 11.2. The fraction of sp³-hybridized carbons (Fsp3) is 0.357. The van der Waals surface area contributed by atoms with Crippen molar-refractivity contribution in [1.82, 2.24) is 15.0 Å². The van der Waals surface area contributed by atoms with Crippen LogP contribution in [0.2, 0.25) is 5.15 Å². The molecule has 0 aliphatic heterocycles. The van der Waals surface area contributed by atoms with Gasteiger partial charge in [0.1, 0.15) is 16.8 Å². The van der Waals surface area contributed by atoms with Crippen LogP contribution >= 0.6 is 11.6 Å². The summed E-state index contributed by atoms with van der Waals surface area (Å²) >= 11 is 6.00. The number of likely N-dealkylation sites (N-methyl/N-ethyl adjacent to an activating group) is 1. The fourth-order valence-corrected chi connectivity index (χ4v) is 1.96. The lowest BCUT2D eigenvalue weighted by Gasteiger charge is -2.18. The third kappa shape index (κ3) is 3.89. The van der Waals surface area contributed by atoms with Crippen LogP contribution in [0.4, 0.5) is 5.82 Å². The van der Waals surface area contributed by atoms with Crippen molar-refractivity contribution >= 4 is 17.4 Å². The summed E-state index contributed by atoms with van der Waals surface area (Å²) in [5.74, 6) is 1.64. The van der Waals surface area contributed by atoms with E-state index in [1.165, 1.54) is 5.56 Å². The van der Waals surface area contributed by atoms with E-state index in [1.54, 1.807) is 6.07 Å². The van der Waals surface area contributed by atoms with Crippen LogP contribution in [0, 0.1) is 0 Å². The van der Waals surface area contributed by atoms with Crippen LogP contribution < -0.4 is 4.90 Å². The van der Waals surface area contributed by atoms with Crippen LogP contribution in [0.25, 0.3) is 0 Å². The first-order chi connectivity index (χ1) is 9.19. The minimum atomic E-state index is 0.498. The van der Waals surface area contributed by atoms with E-state index in [0.29, 0.717) is 5.15 Å². The number of anilines is 1. The molecular weight excluding hydrogens is 260 g/mol. The molecule has 0 bridgehead atoms. The van der Waals surface area contributed by atoms with Gasteiger partial charge in [-0.2, -0.15) is 0 Å². The monoisotopic (exact) mass is 276 g/mol. The van der Waals surface area contributed by atoms with Gasteiger partial charge in [-0.25, -0.2) is 9.97 Å². The first-order valence-electron chi connectivity index (χ1n) is 6.32. The molecule has 5 heteroatoms. The lowest BCUT2D eigenvalue weighted by molar-refractivity contribution is 0.836. The Balaban J connectivity index is 2.03. The van der Waals surface area contributed by atoms with Gasteiger partial charge in [-0.3, -0.25) is 4.98 Å². The van der Waals surface area contributed by atoms with E-state index in [1.807, 2.05) is 38.5 Å². The Kier molecular flexibility index (Phi) is 4.68. The second kappa shape index (κ2) is 6.48. The second-order valence-electron chi connectivity index (χ2n) is 4.35. The molecule has 0 aliphatic rings. The minimum absolute atomic E-state index is 0.498. The molecular formula is C14H17ClN4. The number of aryl methyl sites for hydroxylation is 1. The Bertz CT molecular complexity index is 530. The Morgan fingerprint density at radius 2 is 1.95 bits per heavy atom. The lowest BCUT2D eigenvalue weighted by Crippen LogP contribution is -2.22. The van der Waals surface area contributed by atoms with Crippen LogP contribution in [-0.2, 0) is 12.8 Å². The Hall–Kier alpha value is -1.68. The van der Waals surface area contributed by atoms with Gasteiger partial charge in [-0.15, -0.1) is 0 Å². The first-order valence-corrected chi connectivity index (χ1v) is 6.70. The van der Waals surface area contributed by atoms with Crippen molar-refractivity contribution < 1.29 is 0 Å². The van der Waals surface area contributed by atoms with Crippen LogP contribution in [0.1, 0.15) is 18.3 Å². The molecule has 4 nitrogen and oxygen atoms in total. The van der Waals surface area contributed by atoms with Crippen LogP contribution in [0.3, 0.4) is 0 Å². The summed E-state index contributed by atoms with van der Waals surface area (Å²) in [6.45, 7) is 2.90. The molecule has 0 spiro atoms. The van der Waals surface area contributed by atoms with Crippen molar-refractivity contribution in [3.63, 3.8) is 0 Å². The molecule has 0 N–H and O–H groups in total. The van der Waals surface area contributed by atoms with E-state index >= 15 is 0 Å². The number of rotatable bonds is 5. The minimum Gasteiger partial charge on any atom is -0.359 e. The van der Waals surface area contributed by atoms with Gasteiger partial charge in [0.05, 0.1) is 0 Å². The molecule has 0 aromatic carbocycles. The van der Waals surface area contributed by atoms with Crippen molar-refractivity contribution in [3.8, 4) is 0 Å². The molecule has 0 saturated carbocycles. The summed E-state index contributed by atoms with van der Waals surface area (Å²) in [4.78, 5) is 14.8. The summed E-state index contributed by atoms with van der Waals surface area (Å²) in [6.07, 6.45) is 5.35. The molecule has 0 atom stereocenters. The standard InChI is InChI=1S/C14H17ClN4/c1-3-13-17-12(15)10-14(18-13)19(2)9-6-11-4-7-16-8-5-11/h4-5,7-8,10H,3,6,9H2,1-2H3. The van der Waals surface area contributed by atoms with Crippen molar-refractivity contribution in [1.29, 1.82) is 0 Å². The van der Waals surface area contributed by atoms with Gasteiger partial charge in [0.15, 0.2) is 0 Å². The van der Waals surface area contributed by atoms with Crippen molar-refractivity contribution in [2.45, 2.75) is 19.8 Å². The largest absolute Gasteiger partial charge is 0.359 e. The first kappa shape index (κ1) is 13.7. The average molecular weight is 277 g/mol. The van der Waals surface area contributed by atoms with E-state index in [-0.39, 0.29) is 0 Å². The summed E-state index contributed by atoms with van der Waals surface area (Å²) in [7, 11) is 2.01. The molecule has 100 valence electrons. The van der Waals surface area contributed by atoms with Gasteiger partial charge in [0.2, 0.25) is 0 Å². The van der Waals surface area contributed by atoms with Gasteiger partial charge in [-0.05, 0) is 24.1 Å². The van der Waals surface area contributed by atoms with Crippen molar-refractivity contribution in [2.75, 3.05) is 18.5 Å². The molecule has 0 aliphatic carbocycles. The maximum atomic E-state index is 6.00. The topological polar surface area (TPSA) is 41.9 Å². The Morgan fingerprint density at radius 3 is 2.63 bits per heavy atom. The lowest BCUT2D eigenvalue weighted by atomic mass is 10.2. The normalized spacial score (nSPS) is 10.5. The molecule has 2 aromatic heterocycles. The van der Waals surface area contributed by atoms with Crippen molar-refractivity contribution in [2.24, 2.45) is 0 Å². The van der Waals surface area contributed by atoms with Gasteiger partial charge in [-0.1, -0.05) is 18.5 Å². The smallest absolute Gasteiger partial charge is 0.134 e. The third-order valence-electron chi connectivity index (χ3n) is 2.92. The zero-order valence-corrected chi connectivity index (χ0v) is 11.9. The quantitative estimate of drug-likeness (QED) is 0.788. The Morgan fingerprint density at radius 1 is 1.21 bits per heavy atom. The molecule has 2 rings (SSSR count). The zero-order chi connectivity index (χ0) is 13.7. The fourth-order valence-electron chi connectivity index (χ4n) is 1.77. The summed E-state index contributed by atoms with van der Waals surface area (Å²) in [6, 6.07) is 5.85. The van der Waals surface area contributed by atoms with E-state index in [9.17, 15) is 0 Å². The number of nitrogens with zero attached hydrogens (tertiary/aromatic N) is 4. The molecule has 0 fully saturated rings. The highest BCUT2D eigenvalue weighted by Gasteiger charge is 2.07. The average Bonchev–Trinajstić information content (AvgIpc) is 2.45. The van der Waals surface area contributed by atoms with Gasteiger partial charge >= 0.3 is 0 Å². The predicted octanol–water partition coefficient (Wildman–Crippen LogP) is 2.77. The highest BCUT2D eigenvalue weighted by molar-refractivity contribution is 6.29. The molecule has 0 amide bonds. The molecule has 19 heavy (non-hydrogen) atoms. The second-order valence-corrected chi connectivity index (χ2v) is 4.73. The van der Waals surface area contributed by atoms with Gasteiger partial charge < -0.3 is 4.90 Å². The highest BCUT2D eigenvalue weighted by Crippen LogP contribution is 2.15. The van der Waals surface area contributed by atoms with Crippen LogP contribution in [-0.4, -0.2) is 28.5 Å². The van der Waals surface area contributed by atoms with Gasteiger partial charge in [0.25, 0.3) is 0 Å². The number of hydrogen-bond donors (Lipinski definition) is 0. The van der Waals surface area contributed by atoms with E-state index in [2.05, 4.69) is 19.9 Å². The third-order valence-corrected chi connectivity index (χ3v) is 3.11. The molecule has 2 aromatic rings. The Labute approximate surface area is 118 Å². The van der Waals surface area contributed by atoms with Crippen molar-refractivity contribution in [3.05, 3.63) is 47.1 Å². The van der Waals surface area contributed by atoms with E-state index in [0.717, 1.165) is 31.0 Å². The maximum absolute atomic E-state index is 6.00. The van der Waals surface area contributed by atoms with E-state index < -0.39 is 0 Å². The maximum Gasteiger partial charge on any atom is 0.134 e. The number of aromatic nitrogens is 3. The van der Waals surface area contributed by atoms with E-state index in [4.69, 9.17) is 11.6 Å². The molecule has 0 unspecified atom stereocenters. The number of halogens is 1. The molecule has 2 heterocycles. The summed E-state index contributed by atoms with van der Waals surface area (Å²) < 4.78 is 0. The summed E-state index contributed by atoms with van der Waals surface area (Å²) in [5, 5.41) is 0.498. The molecule has 0 saturated heterocycles. The molecule has 0 radical (unpaired) electrons. The van der Waals surface area contributed by atoms with Crippen LogP contribution in [0.15, 0.2) is 30.6 Å². The number of hydrogen-bond acceptors (Lipinski definition) is 4. The predicted molar refractivity (Wildman–Crippen MR) is 77.6 cm³/mol. The highest BCUT2D eigenvalue weighted by atomic mass is 35.5.